The molecule has 0 bridgehead atoms. The van der Waals surface area contributed by atoms with Gasteiger partial charge < -0.3 is 10.2 Å². The van der Waals surface area contributed by atoms with Crippen molar-refractivity contribution in [1.82, 2.24) is 0 Å². The number of benzene rings is 2. The molecule has 25 heavy (non-hydrogen) atoms. The molecule has 2 aromatic rings. The van der Waals surface area contributed by atoms with Crippen molar-refractivity contribution >= 4 is 23.2 Å². The van der Waals surface area contributed by atoms with E-state index in [2.05, 4.69) is 13.8 Å². The van der Waals surface area contributed by atoms with Gasteiger partial charge in [0.15, 0.2) is 0 Å². The van der Waals surface area contributed by atoms with Gasteiger partial charge in [0.2, 0.25) is 0 Å². The Hall–Kier alpha value is -1.38. The smallest absolute Gasteiger partial charge is 0.137 e. The Bertz CT molecular complexity index is 727. The minimum atomic E-state index is -0.387. The number of hydrogen-bond donors (Lipinski definition) is 2. The lowest BCUT2D eigenvalue weighted by Gasteiger charge is -2.29. The van der Waals surface area contributed by atoms with Crippen LogP contribution in [0.15, 0.2) is 24.3 Å². The summed E-state index contributed by atoms with van der Waals surface area (Å²) in [6.45, 7) is 12.3. The molecule has 136 valence electrons. The quantitative estimate of drug-likeness (QED) is 0.600. The Morgan fingerprint density at radius 1 is 0.720 bits per heavy atom. The zero-order valence-corrected chi connectivity index (χ0v) is 17.1. The van der Waals surface area contributed by atoms with Gasteiger partial charge in [0.05, 0.1) is 10.0 Å². The van der Waals surface area contributed by atoms with Crippen LogP contribution in [-0.2, 0) is 5.41 Å². The molecule has 0 aliphatic heterocycles. The molecule has 0 saturated carbocycles. The standard InChI is InChI=1S/C21H26Cl2O2/c1-11(2)15-7-13(9-17(22)19(15)24)21(5,6)14-8-16(12(3)4)20(25)18(23)10-14/h7-12,24-25H,1-6H3. The van der Waals surface area contributed by atoms with Gasteiger partial charge in [-0.05, 0) is 46.2 Å². The summed E-state index contributed by atoms with van der Waals surface area (Å²) in [5.74, 6) is 0.594. The van der Waals surface area contributed by atoms with E-state index in [4.69, 9.17) is 23.2 Å². The van der Waals surface area contributed by atoms with Crippen LogP contribution < -0.4 is 0 Å². The van der Waals surface area contributed by atoms with Crippen molar-refractivity contribution in [2.75, 3.05) is 0 Å². The van der Waals surface area contributed by atoms with E-state index in [1.807, 2.05) is 39.8 Å². The van der Waals surface area contributed by atoms with Gasteiger partial charge >= 0.3 is 0 Å². The lowest BCUT2D eigenvalue weighted by molar-refractivity contribution is 0.463. The van der Waals surface area contributed by atoms with Crippen molar-refractivity contribution in [2.24, 2.45) is 0 Å². The van der Waals surface area contributed by atoms with Crippen LogP contribution in [0.1, 0.15) is 75.6 Å². The van der Waals surface area contributed by atoms with Gasteiger partial charge in [-0.25, -0.2) is 0 Å². The second kappa shape index (κ2) is 7.09. The molecule has 0 unspecified atom stereocenters. The number of aromatic hydroxyl groups is 2. The fourth-order valence-electron chi connectivity index (χ4n) is 3.01. The third-order valence-corrected chi connectivity index (χ3v) is 5.45. The third-order valence-electron chi connectivity index (χ3n) is 4.87. The molecule has 2 aromatic carbocycles. The molecule has 0 amide bonds. The molecule has 2 rings (SSSR count). The van der Waals surface area contributed by atoms with Crippen molar-refractivity contribution in [3.05, 3.63) is 56.6 Å². The van der Waals surface area contributed by atoms with Crippen LogP contribution in [0.2, 0.25) is 10.0 Å². The average molecular weight is 381 g/mol. The van der Waals surface area contributed by atoms with Crippen molar-refractivity contribution in [3.8, 4) is 11.5 Å². The van der Waals surface area contributed by atoms with Crippen LogP contribution in [0.3, 0.4) is 0 Å². The normalized spacial score (nSPS) is 12.2. The van der Waals surface area contributed by atoms with E-state index >= 15 is 0 Å². The van der Waals surface area contributed by atoms with Crippen LogP contribution in [0, 0.1) is 0 Å². The predicted octanol–water partition coefficient (Wildman–Crippen LogP) is 6.98. The monoisotopic (exact) mass is 380 g/mol. The maximum absolute atomic E-state index is 10.2. The van der Waals surface area contributed by atoms with Crippen molar-refractivity contribution < 1.29 is 10.2 Å². The molecular weight excluding hydrogens is 355 g/mol. The van der Waals surface area contributed by atoms with E-state index in [-0.39, 0.29) is 28.7 Å². The minimum absolute atomic E-state index is 0.142. The summed E-state index contributed by atoms with van der Waals surface area (Å²) in [4.78, 5) is 0. The molecule has 0 aromatic heterocycles. The summed E-state index contributed by atoms with van der Waals surface area (Å²) in [6.07, 6.45) is 0. The minimum Gasteiger partial charge on any atom is -0.506 e. The molecular formula is C21H26Cl2O2. The topological polar surface area (TPSA) is 40.5 Å². The Morgan fingerprint density at radius 2 is 1.04 bits per heavy atom. The molecule has 0 heterocycles. The van der Waals surface area contributed by atoms with Crippen LogP contribution >= 0.6 is 23.2 Å². The molecule has 0 fully saturated rings. The number of hydrogen-bond acceptors (Lipinski definition) is 2. The van der Waals surface area contributed by atoms with Gasteiger partial charge in [0, 0.05) is 5.41 Å². The van der Waals surface area contributed by atoms with E-state index in [0.717, 1.165) is 22.3 Å². The summed E-state index contributed by atoms with van der Waals surface area (Å²) in [5.41, 5.74) is 3.25. The van der Waals surface area contributed by atoms with Crippen LogP contribution in [-0.4, -0.2) is 10.2 Å². The number of phenolic OH excluding ortho intramolecular Hbond substituents is 2. The Balaban J connectivity index is 2.67. The summed E-state index contributed by atoms with van der Waals surface area (Å²) >= 11 is 12.6. The lowest BCUT2D eigenvalue weighted by atomic mass is 9.76. The first-order valence-corrected chi connectivity index (χ1v) is 9.28. The molecule has 4 heteroatoms. The molecule has 0 aliphatic carbocycles. The Labute approximate surface area is 160 Å². The largest absolute Gasteiger partial charge is 0.506 e. The van der Waals surface area contributed by atoms with Crippen LogP contribution in [0.25, 0.3) is 0 Å². The highest BCUT2D eigenvalue weighted by atomic mass is 35.5. The van der Waals surface area contributed by atoms with Crippen molar-refractivity contribution in [2.45, 2.75) is 58.8 Å². The summed E-state index contributed by atoms with van der Waals surface area (Å²) in [5, 5.41) is 21.2. The van der Waals surface area contributed by atoms with E-state index in [1.54, 1.807) is 12.1 Å². The van der Waals surface area contributed by atoms with Gasteiger partial charge in [-0.3, -0.25) is 0 Å². The number of halogens is 2. The van der Waals surface area contributed by atoms with E-state index < -0.39 is 0 Å². The molecule has 0 aliphatic rings. The molecule has 0 atom stereocenters. The fraction of sp³-hybridized carbons (Fsp3) is 0.429. The first-order chi connectivity index (χ1) is 11.5. The lowest BCUT2D eigenvalue weighted by Crippen LogP contribution is -2.20. The summed E-state index contributed by atoms with van der Waals surface area (Å²) in [6, 6.07) is 7.61. The molecule has 0 spiro atoms. The van der Waals surface area contributed by atoms with Crippen LogP contribution in [0.5, 0.6) is 11.5 Å². The summed E-state index contributed by atoms with van der Waals surface area (Å²) < 4.78 is 0. The van der Waals surface area contributed by atoms with Gasteiger partial charge in [-0.15, -0.1) is 0 Å². The SMILES string of the molecule is CC(C)c1cc(C(C)(C)c2cc(Cl)c(O)c(C(C)C)c2)cc(Cl)c1O. The fourth-order valence-corrected chi connectivity index (χ4v) is 3.46. The Morgan fingerprint density at radius 3 is 1.32 bits per heavy atom. The van der Waals surface area contributed by atoms with E-state index in [9.17, 15) is 10.2 Å². The molecule has 0 saturated heterocycles. The second-order valence-electron chi connectivity index (χ2n) is 7.73. The maximum atomic E-state index is 10.2. The highest BCUT2D eigenvalue weighted by Crippen LogP contribution is 2.43. The molecule has 2 nitrogen and oxygen atoms in total. The van der Waals surface area contributed by atoms with Gasteiger partial charge in [0.1, 0.15) is 11.5 Å². The highest BCUT2D eigenvalue weighted by molar-refractivity contribution is 6.32. The van der Waals surface area contributed by atoms with Gasteiger partial charge in [-0.2, -0.15) is 0 Å². The summed E-state index contributed by atoms with van der Waals surface area (Å²) in [7, 11) is 0. The number of phenols is 2. The molecule has 0 radical (unpaired) electrons. The third kappa shape index (κ3) is 3.75. The van der Waals surface area contributed by atoms with Gasteiger partial charge in [0.25, 0.3) is 0 Å². The van der Waals surface area contributed by atoms with E-state index in [1.165, 1.54) is 0 Å². The van der Waals surface area contributed by atoms with Crippen molar-refractivity contribution in [3.63, 3.8) is 0 Å². The van der Waals surface area contributed by atoms with E-state index in [0.29, 0.717) is 10.0 Å². The first kappa shape index (κ1) is 19.9. The van der Waals surface area contributed by atoms with Crippen molar-refractivity contribution in [1.29, 1.82) is 0 Å². The Kier molecular flexibility index (Phi) is 5.65. The van der Waals surface area contributed by atoms with Crippen LogP contribution in [0.4, 0.5) is 0 Å². The number of rotatable bonds is 4. The zero-order chi connectivity index (χ0) is 19.1. The first-order valence-electron chi connectivity index (χ1n) is 8.52. The average Bonchev–Trinajstić information content (AvgIpc) is 2.51. The maximum Gasteiger partial charge on any atom is 0.137 e. The molecule has 2 N–H and O–H groups in total. The predicted molar refractivity (Wildman–Crippen MR) is 107 cm³/mol. The highest BCUT2D eigenvalue weighted by Gasteiger charge is 2.28. The zero-order valence-electron chi connectivity index (χ0n) is 15.6. The second-order valence-corrected chi connectivity index (χ2v) is 8.54. The van der Waals surface area contributed by atoms with Gasteiger partial charge in [-0.1, -0.05) is 76.9 Å².